The van der Waals surface area contributed by atoms with Crippen molar-refractivity contribution in [1.82, 2.24) is 0 Å². The molecule has 1 saturated carbocycles. The van der Waals surface area contributed by atoms with Crippen LogP contribution in [0.15, 0.2) is 34.9 Å². The summed E-state index contributed by atoms with van der Waals surface area (Å²) >= 11 is 0. The van der Waals surface area contributed by atoms with Crippen LogP contribution in [0.5, 0.6) is 0 Å². The van der Waals surface area contributed by atoms with E-state index in [4.69, 9.17) is 4.74 Å². The summed E-state index contributed by atoms with van der Waals surface area (Å²) < 4.78 is 6.04. The van der Waals surface area contributed by atoms with Crippen LogP contribution in [-0.2, 0) is 9.53 Å². The maximum Gasteiger partial charge on any atom is 0.303 e. The molecule has 0 spiro atoms. The second-order valence-electron chi connectivity index (χ2n) is 14.0. The summed E-state index contributed by atoms with van der Waals surface area (Å²) in [6.07, 6.45) is 4.08. The van der Waals surface area contributed by atoms with Gasteiger partial charge in [-0.2, -0.15) is 0 Å². The Balaban J connectivity index is 1.78. The molecule has 4 aliphatic rings. The molecule has 0 aromatic rings. The minimum atomic E-state index is -0.939. The average Bonchev–Trinajstić information content (AvgIpc) is 3.15. The van der Waals surface area contributed by atoms with E-state index in [1.807, 2.05) is 13.8 Å². The number of aliphatic hydroxyl groups excluding tert-OH is 3. The van der Waals surface area contributed by atoms with Crippen molar-refractivity contribution in [2.75, 3.05) is 0 Å². The molecule has 0 aromatic carbocycles. The molecule has 0 saturated heterocycles. The molecule has 5 heteroatoms. The van der Waals surface area contributed by atoms with Gasteiger partial charge in [0.1, 0.15) is 12.2 Å². The van der Waals surface area contributed by atoms with E-state index in [0.717, 1.165) is 37.7 Å². The highest BCUT2D eigenvalue weighted by Crippen LogP contribution is 2.67. The molecule has 1 unspecified atom stereocenters. The number of rotatable bonds is 6. The van der Waals surface area contributed by atoms with E-state index in [1.54, 1.807) is 0 Å². The Kier molecular flexibility index (Phi) is 7.45. The molecule has 4 aliphatic carbocycles. The van der Waals surface area contributed by atoms with E-state index in [-0.39, 0.29) is 17.8 Å². The lowest BCUT2D eigenvalue weighted by Crippen LogP contribution is -2.62. The molecule has 208 valence electrons. The van der Waals surface area contributed by atoms with Crippen molar-refractivity contribution in [3.63, 3.8) is 0 Å². The summed E-state index contributed by atoms with van der Waals surface area (Å²) in [5.74, 6) is 0.808. The first kappa shape index (κ1) is 28.6. The highest BCUT2D eigenvalue weighted by molar-refractivity contribution is 5.67. The van der Waals surface area contributed by atoms with Gasteiger partial charge in [-0.1, -0.05) is 66.7 Å². The molecular formula is C32H50O5. The fraction of sp³-hybridized carbons (Fsp3) is 0.781. The van der Waals surface area contributed by atoms with Crippen LogP contribution in [0.3, 0.4) is 0 Å². The number of fused-ring (bicyclic) bond motifs is 4. The molecule has 5 nitrogen and oxygen atoms in total. The number of hydrogen-bond donors (Lipinski definition) is 3. The number of carbonyl (C=O) groups is 1. The van der Waals surface area contributed by atoms with Crippen molar-refractivity contribution >= 4 is 5.97 Å². The molecule has 0 radical (unpaired) electrons. The molecule has 4 rings (SSSR count). The normalized spacial score (nSPS) is 41.5. The standard InChI is InChI=1S/C32H50O5/c1-17(2)18(3)10-11-19(4)22-13-14-23-21-12-15-25-30(6,7)28(36)24(34)16-31(25,8)26(21)27(35)29(32(22,23)9)37-20(5)33/h14,17,19,22,24-25,27-29,34-36H,3,10-13,15-16H2,1-2,4-9H3/t19?,22-,24-,25+,27-,28+,29+,31+,32-/m1/s1. The Morgan fingerprint density at radius 3 is 2.41 bits per heavy atom. The second-order valence-corrected chi connectivity index (χ2v) is 14.0. The van der Waals surface area contributed by atoms with Crippen LogP contribution in [0, 0.1) is 39.9 Å². The lowest BCUT2D eigenvalue weighted by Gasteiger charge is -2.62. The predicted molar refractivity (Wildman–Crippen MR) is 147 cm³/mol. The molecule has 1 fully saturated rings. The molecular weight excluding hydrogens is 464 g/mol. The number of carbonyl (C=O) groups excluding carboxylic acids is 1. The SMILES string of the molecule is C=C(CCC(C)[C@H]1CC=C2C3=C([C@@H](O)[C@H](OC(C)=O)[C@@]21C)[C@@]1(C)C[C@@H](O)[C@H](O)C(C)(C)[C@@H]1CC3)C(C)C. The van der Waals surface area contributed by atoms with Gasteiger partial charge >= 0.3 is 5.97 Å². The van der Waals surface area contributed by atoms with Crippen LogP contribution in [0.4, 0.5) is 0 Å². The summed E-state index contributed by atoms with van der Waals surface area (Å²) in [5.41, 5.74) is 3.17. The highest BCUT2D eigenvalue weighted by atomic mass is 16.6. The van der Waals surface area contributed by atoms with Gasteiger partial charge in [0.05, 0.1) is 12.2 Å². The van der Waals surface area contributed by atoms with Gasteiger partial charge in [0.2, 0.25) is 0 Å². The van der Waals surface area contributed by atoms with Gasteiger partial charge in [-0.3, -0.25) is 4.79 Å². The first-order valence-corrected chi connectivity index (χ1v) is 14.4. The highest BCUT2D eigenvalue weighted by Gasteiger charge is 2.64. The first-order chi connectivity index (χ1) is 17.1. The molecule has 37 heavy (non-hydrogen) atoms. The van der Waals surface area contributed by atoms with Crippen molar-refractivity contribution in [3.8, 4) is 0 Å². The Morgan fingerprint density at radius 2 is 1.81 bits per heavy atom. The van der Waals surface area contributed by atoms with Crippen LogP contribution in [-0.4, -0.2) is 45.7 Å². The van der Waals surface area contributed by atoms with Crippen molar-refractivity contribution in [3.05, 3.63) is 34.9 Å². The van der Waals surface area contributed by atoms with E-state index in [1.165, 1.54) is 23.6 Å². The monoisotopic (exact) mass is 514 g/mol. The molecule has 0 aromatic heterocycles. The third kappa shape index (κ3) is 4.28. The summed E-state index contributed by atoms with van der Waals surface area (Å²) in [5, 5.41) is 33.9. The van der Waals surface area contributed by atoms with Gasteiger partial charge in [-0.05, 0) is 89.7 Å². The van der Waals surface area contributed by atoms with Gasteiger partial charge in [0, 0.05) is 12.3 Å². The quantitative estimate of drug-likeness (QED) is 0.311. The van der Waals surface area contributed by atoms with Crippen molar-refractivity contribution in [2.24, 2.45) is 39.9 Å². The Hall–Kier alpha value is -1.43. The largest absolute Gasteiger partial charge is 0.458 e. The summed E-state index contributed by atoms with van der Waals surface area (Å²) in [6.45, 7) is 20.8. The Labute approximate surface area is 224 Å². The maximum atomic E-state index is 12.4. The van der Waals surface area contributed by atoms with E-state index < -0.39 is 40.7 Å². The Bertz CT molecular complexity index is 1000. The topological polar surface area (TPSA) is 87.0 Å². The van der Waals surface area contributed by atoms with Crippen molar-refractivity contribution in [1.29, 1.82) is 0 Å². The van der Waals surface area contributed by atoms with Crippen molar-refractivity contribution < 1.29 is 24.9 Å². The third-order valence-corrected chi connectivity index (χ3v) is 11.2. The van der Waals surface area contributed by atoms with E-state index in [0.29, 0.717) is 18.3 Å². The minimum Gasteiger partial charge on any atom is -0.458 e. The average molecular weight is 515 g/mol. The fourth-order valence-electron chi connectivity index (χ4n) is 9.06. The number of ether oxygens (including phenoxy) is 1. The van der Waals surface area contributed by atoms with Gasteiger partial charge < -0.3 is 20.1 Å². The molecule has 0 bridgehead atoms. The molecule has 0 heterocycles. The zero-order chi connectivity index (χ0) is 27.7. The number of esters is 1. The van der Waals surface area contributed by atoms with Gasteiger partial charge in [0.25, 0.3) is 0 Å². The summed E-state index contributed by atoms with van der Waals surface area (Å²) in [6, 6.07) is 0. The summed E-state index contributed by atoms with van der Waals surface area (Å²) in [7, 11) is 0. The van der Waals surface area contributed by atoms with Crippen LogP contribution in [0.2, 0.25) is 0 Å². The van der Waals surface area contributed by atoms with Gasteiger partial charge in [-0.25, -0.2) is 0 Å². The zero-order valence-corrected chi connectivity index (χ0v) is 24.3. The number of hydrogen-bond acceptors (Lipinski definition) is 5. The Morgan fingerprint density at radius 1 is 1.16 bits per heavy atom. The van der Waals surface area contributed by atoms with Crippen LogP contribution < -0.4 is 0 Å². The van der Waals surface area contributed by atoms with Gasteiger partial charge in [0.15, 0.2) is 0 Å². The van der Waals surface area contributed by atoms with Crippen LogP contribution in [0.25, 0.3) is 0 Å². The van der Waals surface area contributed by atoms with Gasteiger partial charge in [-0.15, -0.1) is 0 Å². The number of aliphatic hydroxyl groups is 3. The third-order valence-electron chi connectivity index (χ3n) is 11.2. The maximum absolute atomic E-state index is 12.4. The lowest BCUT2D eigenvalue weighted by molar-refractivity contribution is -0.176. The van der Waals surface area contributed by atoms with Crippen molar-refractivity contribution in [2.45, 2.75) is 118 Å². The van der Waals surface area contributed by atoms with E-state index >= 15 is 0 Å². The smallest absolute Gasteiger partial charge is 0.303 e. The number of allylic oxidation sites excluding steroid dienone is 3. The lowest BCUT2D eigenvalue weighted by atomic mass is 9.45. The van der Waals surface area contributed by atoms with E-state index in [2.05, 4.69) is 47.3 Å². The molecule has 0 aliphatic heterocycles. The fourth-order valence-corrected chi connectivity index (χ4v) is 9.06. The molecule has 3 N–H and O–H groups in total. The van der Waals surface area contributed by atoms with Crippen LogP contribution >= 0.6 is 0 Å². The predicted octanol–water partition coefficient (Wildman–Crippen LogP) is 5.74. The second kappa shape index (κ2) is 9.64. The van der Waals surface area contributed by atoms with Crippen LogP contribution in [0.1, 0.15) is 93.9 Å². The minimum absolute atomic E-state index is 0.105. The molecule has 0 amide bonds. The van der Waals surface area contributed by atoms with E-state index in [9.17, 15) is 20.1 Å². The first-order valence-electron chi connectivity index (χ1n) is 14.4. The summed E-state index contributed by atoms with van der Waals surface area (Å²) in [4.78, 5) is 12.4. The molecule has 9 atom stereocenters. The zero-order valence-electron chi connectivity index (χ0n) is 24.3.